The van der Waals surface area contributed by atoms with Gasteiger partial charge in [0.25, 0.3) is 5.91 Å². The van der Waals surface area contributed by atoms with Gasteiger partial charge in [-0.2, -0.15) is 0 Å². The Hall–Kier alpha value is -1.06. The lowest BCUT2D eigenvalue weighted by Gasteiger charge is -2.14. The summed E-state index contributed by atoms with van der Waals surface area (Å²) in [4.78, 5) is 24.1. The highest BCUT2D eigenvalue weighted by Gasteiger charge is 2.36. The third-order valence-electron chi connectivity index (χ3n) is 2.06. The smallest absolute Gasteiger partial charge is 0.324 e. The first-order valence-corrected chi connectivity index (χ1v) is 4.68. The fraction of sp³-hybridized carbons (Fsp3) is 0.778. The second-order valence-corrected chi connectivity index (χ2v) is 3.75. The molecule has 1 heterocycles. The van der Waals surface area contributed by atoms with Crippen LogP contribution < -0.4 is 5.32 Å². The number of hydrogen-bond donors (Lipinski definition) is 1. The maximum Gasteiger partial charge on any atom is 0.324 e. The van der Waals surface area contributed by atoms with E-state index in [-0.39, 0.29) is 18.0 Å². The molecule has 0 bridgehead atoms. The molecule has 1 N–H and O–H groups in total. The molecule has 3 amide bonds. The van der Waals surface area contributed by atoms with E-state index in [9.17, 15) is 9.59 Å². The molecule has 0 aromatic rings. The summed E-state index contributed by atoms with van der Waals surface area (Å²) in [6.45, 7) is 6.38. The van der Waals surface area contributed by atoms with E-state index in [1.54, 1.807) is 0 Å². The molecule has 0 aliphatic carbocycles. The molecule has 0 spiro atoms. The largest absolute Gasteiger partial charge is 0.326 e. The van der Waals surface area contributed by atoms with E-state index in [2.05, 4.69) is 5.32 Å². The van der Waals surface area contributed by atoms with Gasteiger partial charge in [0, 0.05) is 6.54 Å². The molecule has 4 nitrogen and oxygen atoms in total. The van der Waals surface area contributed by atoms with Crippen LogP contribution in [0.2, 0.25) is 0 Å². The Morgan fingerprint density at radius 1 is 1.46 bits per heavy atom. The molecule has 1 fully saturated rings. The molecule has 74 valence electrons. The standard InChI is InChI=1S/C9H16N2O2/c1-4-7-8(12)11(5-6(2)3)9(13)10-7/h6-7H,4-5H2,1-3H3,(H,10,13). The SMILES string of the molecule is CCC1NC(=O)N(CC(C)C)C1=O. The van der Waals surface area contributed by atoms with Gasteiger partial charge in [0.2, 0.25) is 0 Å². The number of carbonyl (C=O) groups excluding carboxylic acids is 2. The highest BCUT2D eigenvalue weighted by Crippen LogP contribution is 2.10. The summed E-state index contributed by atoms with van der Waals surface area (Å²) in [5.41, 5.74) is 0. The maximum absolute atomic E-state index is 11.5. The quantitative estimate of drug-likeness (QED) is 0.664. The van der Waals surface area contributed by atoms with Gasteiger partial charge in [-0.25, -0.2) is 4.79 Å². The molecule has 1 saturated heterocycles. The van der Waals surface area contributed by atoms with Crippen LogP contribution in [-0.4, -0.2) is 29.4 Å². The predicted octanol–water partition coefficient (Wildman–Crippen LogP) is 0.973. The van der Waals surface area contributed by atoms with Crippen molar-refractivity contribution in [1.29, 1.82) is 0 Å². The first-order chi connectivity index (χ1) is 6.06. The highest BCUT2D eigenvalue weighted by atomic mass is 16.2. The lowest BCUT2D eigenvalue weighted by atomic mass is 10.2. The number of nitrogens with zero attached hydrogens (tertiary/aromatic N) is 1. The van der Waals surface area contributed by atoms with Crippen LogP contribution in [0.25, 0.3) is 0 Å². The molecule has 0 saturated carbocycles. The van der Waals surface area contributed by atoms with Crippen LogP contribution in [0.1, 0.15) is 27.2 Å². The summed E-state index contributed by atoms with van der Waals surface area (Å²) in [5, 5.41) is 2.65. The maximum atomic E-state index is 11.5. The van der Waals surface area contributed by atoms with Gasteiger partial charge in [0.05, 0.1) is 0 Å². The van der Waals surface area contributed by atoms with E-state index in [1.165, 1.54) is 4.90 Å². The van der Waals surface area contributed by atoms with Crippen molar-refractivity contribution in [1.82, 2.24) is 10.2 Å². The fourth-order valence-corrected chi connectivity index (χ4v) is 1.39. The fourth-order valence-electron chi connectivity index (χ4n) is 1.39. The Bertz CT molecular complexity index is 226. The van der Waals surface area contributed by atoms with Crippen LogP contribution in [0, 0.1) is 5.92 Å². The second-order valence-electron chi connectivity index (χ2n) is 3.75. The predicted molar refractivity (Wildman–Crippen MR) is 49.2 cm³/mol. The Morgan fingerprint density at radius 2 is 2.08 bits per heavy atom. The first kappa shape index (κ1) is 10.0. The number of imide groups is 1. The number of nitrogens with one attached hydrogen (secondary N) is 1. The van der Waals surface area contributed by atoms with Crippen LogP contribution in [0.4, 0.5) is 4.79 Å². The van der Waals surface area contributed by atoms with Crippen molar-refractivity contribution in [3.8, 4) is 0 Å². The summed E-state index contributed by atoms with van der Waals surface area (Å²) in [6.07, 6.45) is 0.666. The minimum Gasteiger partial charge on any atom is -0.326 e. The molecular weight excluding hydrogens is 168 g/mol. The van der Waals surface area contributed by atoms with E-state index in [0.29, 0.717) is 18.9 Å². The highest BCUT2D eigenvalue weighted by molar-refractivity contribution is 6.04. The van der Waals surface area contributed by atoms with Gasteiger partial charge in [-0.3, -0.25) is 9.69 Å². The van der Waals surface area contributed by atoms with Crippen LogP contribution in [0.15, 0.2) is 0 Å². The number of urea groups is 1. The van der Waals surface area contributed by atoms with Crippen molar-refractivity contribution in [2.24, 2.45) is 5.92 Å². The van der Waals surface area contributed by atoms with Crippen LogP contribution >= 0.6 is 0 Å². The lowest BCUT2D eigenvalue weighted by Crippen LogP contribution is -2.34. The summed E-state index contributed by atoms with van der Waals surface area (Å²) >= 11 is 0. The van der Waals surface area contributed by atoms with Crippen LogP contribution in [0.3, 0.4) is 0 Å². The van der Waals surface area contributed by atoms with E-state index in [0.717, 1.165) is 0 Å². The Labute approximate surface area is 78.3 Å². The monoisotopic (exact) mass is 184 g/mol. The average Bonchev–Trinajstić information content (AvgIpc) is 2.31. The Morgan fingerprint density at radius 3 is 2.46 bits per heavy atom. The third-order valence-corrected chi connectivity index (χ3v) is 2.06. The lowest BCUT2D eigenvalue weighted by molar-refractivity contribution is -0.127. The minimum absolute atomic E-state index is 0.0822. The summed E-state index contributed by atoms with van der Waals surface area (Å²) < 4.78 is 0. The van der Waals surface area contributed by atoms with Gasteiger partial charge >= 0.3 is 6.03 Å². The normalized spacial score (nSPS) is 22.8. The van der Waals surface area contributed by atoms with Crippen molar-refractivity contribution in [2.45, 2.75) is 33.2 Å². The minimum atomic E-state index is -0.300. The van der Waals surface area contributed by atoms with E-state index in [1.807, 2.05) is 20.8 Å². The van der Waals surface area contributed by atoms with Gasteiger partial charge in [-0.15, -0.1) is 0 Å². The molecule has 1 atom stereocenters. The van der Waals surface area contributed by atoms with Crippen molar-refractivity contribution >= 4 is 11.9 Å². The van der Waals surface area contributed by atoms with Gasteiger partial charge in [0.15, 0.2) is 0 Å². The topological polar surface area (TPSA) is 49.4 Å². The van der Waals surface area contributed by atoms with Gasteiger partial charge in [-0.05, 0) is 12.3 Å². The van der Waals surface area contributed by atoms with Crippen LogP contribution in [0.5, 0.6) is 0 Å². The van der Waals surface area contributed by atoms with Gasteiger partial charge < -0.3 is 5.32 Å². The number of rotatable bonds is 3. The zero-order valence-corrected chi connectivity index (χ0v) is 8.33. The molecule has 1 rings (SSSR count). The molecule has 1 unspecified atom stereocenters. The summed E-state index contributed by atoms with van der Waals surface area (Å²) in [5.74, 6) is 0.242. The van der Waals surface area contributed by atoms with Crippen molar-refractivity contribution in [3.05, 3.63) is 0 Å². The number of hydrogen-bond acceptors (Lipinski definition) is 2. The average molecular weight is 184 g/mol. The summed E-state index contributed by atoms with van der Waals surface area (Å²) in [6, 6.07) is -0.545. The molecule has 0 aromatic heterocycles. The van der Waals surface area contributed by atoms with Gasteiger partial charge in [0.1, 0.15) is 6.04 Å². The van der Waals surface area contributed by atoms with Crippen LogP contribution in [-0.2, 0) is 4.79 Å². The second kappa shape index (κ2) is 3.77. The zero-order valence-electron chi connectivity index (χ0n) is 8.33. The zero-order chi connectivity index (χ0) is 10.0. The molecule has 4 heteroatoms. The Kier molecular flexibility index (Phi) is 2.90. The van der Waals surface area contributed by atoms with E-state index in [4.69, 9.17) is 0 Å². The molecular formula is C9H16N2O2. The number of amides is 3. The molecule has 0 aromatic carbocycles. The van der Waals surface area contributed by atoms with Crippen molar-refractivity contribution < 1.29 is 9.59 Å². The van der Waals surface area contributed by atoms with E-state index >= 15 is 0 Å². The van der Waals surface area contributed by atoms with Gasteiger partial charge in [-0.1, -0.05) is 20.8 Å². The summed E-state index contributed by atoms with van der Waals surface area (Å²) in [7, 11) is 0. The Balaban J connectivity index is 2.65. The van der Waals surface area contributed by atoms with Crippen molar-refractivity contribution in [2.75, 3.05) is 6.54 Å². The van der Waals surface area contributed by atoms with E-state index < -0.39 is 0 Å². The molecule has 1 aliphatic rings. The number of carbonyl (C=O) groups is 2. The molecule has 13 heavy (non-hydrogen) atoms. The van der Waals surface area contributed by atoms with Crippen molar-refractivity contribution in [3.63, 3.8) is 0 Å². The third kappa shape index (κ3) is 1.99. The first-order valence-electron chi connectivity index (χ1n) is 4.68. The molecule has 0 radical (unpaired) electrons. The molecule has 1 aliphatic heterocycles.